The van der Waals surface area contributed by atoms with Crippen LogP contribution >= 0.6 is 0 Å². The minimum atomic E-state index is -0.194. The Morgan fingerprint density at radius 2 is 1.92 bits per heavy atom. The maximum atomic E-state index is 11.0. The number of carbonyl (C=O) groups is 1. The Hall–Kier alpha value is -0.790. The van der Waals surface area contributed by atoms with Crippen LogP contribution in [0.4, 0.5) is 0 Å². The zero-order valence-corrected chi connectivity index (χ0v) is 7.52. The van der Waals surface area contributed by atoms with Gasteiger partial charge in [-0.15, -0.1) is 0 Å². The van der Waals surface area contributed by atoms with E-state index in [1.54, 1.807) is 13.0 Å². The number of hydrogen-bond donors (Lipinski definition) is 0. The number of unbranched alkanes of at least 4 members (excludes halogenated alkanes) is 1. The highest BCUT2D eigenvalue weighted by atomic mass is 16.5. The minimum Gasteiger partial charge on any atom is -0.462 e. The van der Waals surface area contributed by atoms with E-state index in [2.05, 4.69) is 6.92 Å². The standard InChI is InChI=1S/C9H16O2.2CH4/c1-4-6-7-11-9(10)8(3)5-2;;/h5H,4,6-7H2,1-3H3;2*1H4/b8-5-;;. The maximum absolute atomic E-state index is 11.0. The molecule has 0 unspecified atom stereocenters. The molecule has 80 valence electrons. The molecule has 2 nitrogen and oxygen atoms in total. The summed E-state index contributed by atoms with van der Waals surface area (Å²) in [7, 11) is 0. The summed E-state index contributed by atoms with van der Waals surface area (Å²) in [6, 6.07) is 0. The molecule has 0 aromatic carbocycles. The van der Waals surface area contributed by atoms with Crippen LogP contribution in [-0.4, -0.2) is 12.6 Å². The van der Waals surface area contributed by atoms with Gasteiger partial charge in [0.2, 0.25) is 0 Å². The van der Waals surface area contributed by atoms with Crippen molar-refractivity contribution in [2.45, 2.75) is 48.5 Å². The Labute approximate surface area is 83.0 Å². The highest BCUT2D eigenvalue weighted by Crippen LogP contribution is 1.97. The van der Waals surface area contributed by atoms with Crippen LogP contribution in [0.25, 0.3) is 0 Å². The molecule has 0 fully saturated rings. The molecule has 0 heterocycles. The van der Waals surface area contributed by atoms with Gasteiger partial charge >= 0.3 is 5.97 Å². The Morgan fingerprint density at radius 1 is 1.38 bits per heavy atom. The van der Waals surface area contributed by atoms with Crippen molar-refractivity contribution in [1.82, 2.24) is 0 Å². The van der Waals surface area contributed by atoms with E-state index in [4.69, 9.17) is 4.74 Å². The Bertz CT molecular complexity index is 148. The van der Waals surface area contributed by atoms with E-state index in [9.17, 15) is 4.79 Å². The topological polar surface area (TPSA) is 26.3 Å². The van der Waals surface area contributed by atoms with Crippen molar-refractivity contribution in [3.05, 3.63) is 11.6 Å². The van der Waals surface area contributed by atoms with E-state index < -0.39 is 0 Å². The van der Waals surface area contributed by atoms with Crippen molar-refractivity contribution in [2.75, 3.05) is 6.61 Å². The highest BCUT2D eigenvalue weighted by Gasteiger charge is 2.02. The number of allylic oxidation sites excluding steroid dienone is 1. The number of esters is 1. The smallest absolute Gasteiger partial charge is 0.333 e. The second-order valence-corrected chi connectivity index (χ2v) is 2.46. The first kappa shape index (κ1) is 18.1. The van der Waals surface area contributed by atoms with Crippen LogP contribution in [0.1, 0.15) is 48.5 Å². The van der Waals surface area contributed by atoms with Crippen LogP contribution in [0.5, 0.6) is 0 Å². The van der Waals surface area contributed by atoms with Crippen LogP contribution in [0.2, 0.25) is 0 Å². The molecule has 0 bridgehead atoms. The average molecular weight is 188 g/mol. The summed E-state index contributed by atoms with van der Waals surface area (Å²) in [6.45, 7) is 6.20. The lowest BCUT2D eigenvalue weighted by atomic mass is 10.3. The van der Waals surface area contributed by atoms with Crippen molar-refractivity contribution >= 4 is 5.97 Å². The van der Waals surface area contributed by atoms with Crippen molar-refractivity contribution in [3.63, 3.8) is 0 Å². The Morgan fingerprint density at radius 3 is 2.31 bits per heavy atom. The molecule has 0 saturated heterocycles. The molecule has 2 heteroatoms. The van der Waals surface area contributed by atoms with Gasteiger partial charge in [-0.1, -0.05) is 34.3 Å². The van der Waals surface area contributed by atoms with Gasteiger partial charge in [0.1, 0.15) is 0 Å². The van der Waals surface area contributed by atoms with Crippen LogP contribution in [-0.2, 0) is 9.53 Å². The lowest BCUT2D eigenvalue weighted by molar-refractivity contribution is -0.139. The number of ether oxygens (including phenoxy) is 1. The lowest BCUT2D eigenvalue weighted by Gasteiger charge is -2.02. The molecule has 0 atom stereocenters. The van der Waals surface area contributed by atoms with Crippen molar-refractivity contribution in [2.24, 2.45) is 0 Å². The molecular formula is C11H24O2. The molecule has 0 aromatic heterocycles. The maximum Gasteiger partial charge on any atom is 0.333 e. The molecular weight excluding hydrogens is 164 g/mol. The highest BCUT2D eigenvalue weighted by molar-refractivity contribution is 5.87. The summed E-state index contributed by atoms with van der Waals surface area (Å²) < 4.78 is 4.93. The fourth-order valence-corrected chi connectivity index (χ4v) is 0.541. The predicted molar refractivity (Wildman–Crippen MR) is 58.8 cm³/mol. The third-order valence-corrected chi connectivity index (χ3v) is 1.49. The summed E-state index contributed by atoms with van der Waals surface area (Å²) in [5.41, 5.74) is 0.682. The molecule has 0 aliphatic heterocycles. The van der Waals surface area contributed by atoms with Gasteiger partial charge in [-0.3, -0.25) is 0 Å². The molecule has 0 aliphatic rings. The summed E-state index contributed by atoms with van der Waals surface area (Å²) in [5.74, 6) is -0.194. The first-order valence-electron chi connectivity index (χ1n) is 4.02. The van der Waals surface area contributed by atoms with Gasteiger partial charge < -0.3 is 4.74 Å². The van der Waals surface area contributed by atoms with E-state index in [-0.39, 0.29) is 20.8 Å². The predicted octanol–water partition coefficient (Wildman–Crippen LogP) is 3.57. The second kappa shape index (κ2) is 11.2. The van der Waals surface area contributed by atoms with Gasteiger partial charge in [0.15, 0.2) is 0 Å². The van der Waals surface area contributed by atoms with E-state index >= 15 is 0 Å². The normalized spacial score (nSPS) is 9.62. The van der Waals surface area contributed by atoms with Crippen molar-refractivity contribution in [3.8, 4) is 0 Å². The zero-order valence-electron chi connectivity index (χ0n) is 7.52. The van der Waals surface area contributed by atoms with Gasteiger partial charge in [-0.05, 0) is 20.3 Å². The SMILES string of the molecule is C.C.C/C=C(/C)C(=O)OCCCC. The molecule has 0 aromatic rings. The molecule has 0 amide bonds. The molecule has 0 N–H and O–H groups in total. The van der Waals surface area contributed by atoms with E-state index in [0.29, 0.717) is 12.2 Å². The summed E-state index contributed by atoms with van der Waals surface area (Å²) >= 11 is 0. The van der Waals surface area contributed by atoms with Gasteiger partial charge in [0.05, 0.1) is 6.61 Å². The average Bonchev–Trinajstić information content (AvgIpc) is 2.03. The number of rotatable bonds is 4. The number of carbonyl (C=O) groups excluding carboxylic acids is 1. The van der Waals surface area contributed by atoms with Crippen molar-refractivity contribution < 1.29 is 9.53 Å². The summed E-state index contributed by atoms with van der Waals surface area (Å²) in [4.78, 5) is 11.0. The number of hydrogen-bond acceptors (Lipinski definition) is 2. The van der Waals surface area contributed by atoms with E-state index in [1.165, 1.54) is 0 Å². The molecule has 0 rings (SSSR count). The minimum absolute atomic E-state index is 0. The largest absolute Gasteiger partial charge is 0.462 e. The molecule has 0 spiro atoms. The van der Waals surface area contributed by atoms with Crippen LogP contribution in [0, 0.1) is 0 Å². The molecule has 0 aliphatic carbocycles. The zero-order chi connectivity index (χ0) is 8.69. The fourth-order valence-electron chi connectivity index (χ4n) is 0.541. The lowest BCUT2D eigenvalue weighted by Crippen LogP contribution is -2.06. The van der Waals surface area contributed by atoms with Crippen molar-refractivity contribution in [1.29, 1.82) is 0 Å². The van der Waals surface area contributed by atoms with Gasteiger partial charge in [-0.25, -0.2) is 4.79 Å². The second-order valence-electron chi connectivity index (χ2n) is 2.46. The fraction of sp³-hybridized carbons (Fsp3) is 0.727. The van der Waals surface area contributed by atoms with Crippen LogP contribution in [0.15, 0.2) is 11.6 Å². The molecule has 13 heavy (non-hydrogen) atoms. The third kappa shape index (κ3) is 9.12. The monoisotopic (exact) mass is 188 g/mol. The Balaban J connectivity index is -0.000000500. The molecule has 0 saturated carbocycles. The van der Waals surface area contributed by atoms with E-state index in [0.717, 1.165) is 12.8 Å². The Kier molecular flexibility index (Phi) is 15.6. The van der Waals surface area contributed by atoms with Crippen LogP contribution in [0.3, 0.4) is 0 Å². The summed E-state index contributed by atoms with van der Waals surface area (Å²) in [5, 5.41) is 0. The van der Waals surface area contributed by atoms with Gasteiger partial charge in [-0.2, -0.15) is 0 Å². The summed E-state index contributed by atoms with van der Waals surface area (Å²) in [6.07, 6.45) is 3.76. The quantitative estimate of drug-likeness (QED) is 0.383. The van der Waals surface area contributed by atoms with Gasteiger partial charge in [0.25, 0.3) is 0 Å². The first-order chi connectivity index (χ1) is 5.22. The first-order valence-corrected chi connectivity index (χ1v) is 4.02. The third-order valence-electron chi connectivity index (χ3n) is 1.49. The van der Waals surface area contributed by atoms with Gasteiger partial charge in [0, 0.05) is 5.57 Å². The van der Waals surface area contributed by atoms with E-state index in [1.807, 2.05) is 6.92 Å². The van der Waals surface area contributed by atoms with Crippen LogP contribution < -0.4 is 0 Å². The molecule has 0 radical (unpaired) electrons.